The fourth-order valence-corrected chi connectivity index (χ4v) is 3.52. The molecule has 3 nitrogen and oxygen atoms in total. The van der Waals surface area contributed by atoms with E-state index in [0.717, 1.165) is 13.0 Å². The maximum Gasteiger partial charge on any atom is 0.119 e. The second-order valence-electron chi connectivity index (χ2n) is 8.49. The number of carbonyl (C=O) groups excluding carboxylic acids is 1. The van der Waals surface area contributed by atoms with Crippen molar-refractivity contribution in [3.63, 3.8) is 0 Å². The second-order valence-corrected chi connectivity index (χ2v) is 8.49. The number of quaternary nitrogens is 1. The van der Waals surface area contributed by atoms with Gasteiger partial charge in [-0.05, 0) is 12.8 Å². The first-order chi connectivity index (χ1) is 12.0. The molecule has 0 saturated carbocycles. The molecular formula is C22H45NO2. The van der Waals surface area contributed by atoms with Crippen molar-refractivity contribution >= 4 is 5.97 Å². The third kappa shape index (κ3) is 19.6. The lowest BCUT2D eigenvalue weighted by Gasteiger charge is -2.30. The van der Waals surface area contributed by atoms with Crippen LogP contribution in [-0.2, 0) is 4.79 Å². The van der Waals surface area contributed by atoms with Gasteiger partial charge in [0.2, 0.25) is 0 Å². The third-order valence-corrected chi connectivity index (χ3v) is 5.17. The minimum atomic E-state index is -0.943. The average Bonchev–Trinajstić information content (AvgIpc) is 2.53. The van der Waals surface area contributed by atoms with Crippen LogP contribution in [0, 0.1) is 0 Å². The van der Waals surface area contributed by atoms with E-state index in [0.29, 0.717) is 4.48 Å². The summed E-state index contributed by atoms with van der Waals surface area (Å²) >= 11 is 0. The number of carboxylic acid groups (broad SMARTS) is 1. The van der Waals surface area contributed by atoms with E-state index < -0.39 is 5.97 Å². The molecular weight excluding hydrogens is 310 g/mol. The van der Waals surface area contributed by atoms with Gasteiger partial charge in [-0.25, -0.2) is 0 Å². The number of rotatable bonds is 19. The van der Waals surface area contributed by atoms with Crippen LogP contribution < -0.4 is 5.11 Å². The van der Waals surface area contributed by atoms with Crippen molar-refractivity contribution in [1.29, 1.82) is 0 Å². The zero-order valence-corrected chi connectivity index (χ0v) is 17.5. The second kappa shape index (κ2) is 16.9. The molecule has 0 heterocycles. The standard InChI is InChI=1S/C22H45NO2/c1-4-5-6-7-8-9-10-11-12-13-14-15-16-17-18-19-20-23(2,3)21-22(24)25/h4-21H2,1-3H3. The summed E-state index contributed by atoms with van der Waals surface area (Å²) in [6.07, 6.45) is 22.0. The number of nitrogens with zero attached hydrogens (tertiary/aromatic N) is 1. The lowest BCUT2D eigenvalue weighted by atomic mass is 10.0. The van der Waals surface area contributed by atoms with Crippen LogP contribution in [0.2, 0.25) is 0 Å². The monoisotopic (exact) mass is 355 g/mol. The van der Waals surface area contributed by atoms with E-state index in [-0.39, 0.29) is 6.54 Å². The van der Waals surface area contributed by atoms with Gasteiger partial charge in [0, 0.05) is 0 Å². The Balaban J connectivity index is 3.18. The van der Waals surface area contributed by atoms with Crippen molar-refractivity contribution < 1.29 is 14.4 Å². The highest BCUT2D eigenvalue weighted by Crippen LogP contribution is 2.14. The number of carboxylic acids is 1. The molecule has 0 amide bonds. The molecule has 150 valence electrons. The van der Waals surface area contributed by atoms with Crippen LogP contribution in [0.1, 0.15) is 110 Å². The van der Waals surface area contributed by atoms with Crippen molar-refractivity contribution in [2.24, 2.45) is 0 Å². The summed E-state index contributed by atoms with van der Waals surface area (Å²) in [6, 6.07) is 0. The van der Waals surface area contributed by atoms with E-state index in [2.05, 4.69) is 6.92 Å². The van der Waals surface area contributed by atoms with Crippen molar-refractivity contribution in [3.05, 3.63) is 0 Å². The quantitative estimate of drug-likeness (QED) is 0.240. The summed E-state index contributed by atoms with van der Waals surface area (Å²) in [5.41, 5.74) is 0. The minimum Gasteiger partial charge on any atom is -0.544 e. The van der Waals surface area contributed by atoms with Crippen molar-refractivity contribution in [2.75, 3.05) is 27.2 Å². The van der Waals surface area contributed by atoms with Gasteiger partial charge in [0.15, 0.2) is 0 Å². The van der Waals surface area contributed by atoms with Gasteiger partial charge in [-0.3, -0.25) is 0 Å². The molecule has 0 fully saturated rings. The number of aliphatic carboxylic acids is 1. The predicted molar refractivity (Wildman–Crippen MR) is 106 cm³/mol. The molecule has 0 rings (SSSR count). The number of hydrogen-bond acceptors (Lipinski definition) is 2. The zero-order valence-electron chi connectivity index (χ0n) is 17.5. The summed E-state index contributed by atoms with van der Waals surface area (Å²) in [7, 11) is 3.95. The van der Waals surface area contributed by atoms with Crippen molar-refractivity contribution in [2.45, 2.75) is 110 Å². The molecule has 0 aromatic rings. The molecule has 0 aromatic carbocycles. The Labute approximate surface area is 157 Å². The number of carbonyl (C=O) groups is 1. The maximum atomic E-state index is 10.7. The number of hydrogen-bond donors (Lipinski definition) is 0. The van der Waals surface area contributed by atoms with E-state index in [1.165, 1.54) is 96.3 Å². The smallest absolute Gasteiger partial charge is 0.119 e. The largest absolute Gasteiger partial charge is 0.544 e. The summed E-state index contributed by atoms with van der Waals surface area (Å²) in [5.74, 6) is -0.943. The summed E-state index contributed by atoms with van der Waals surface area (Å²) in [4.78, 5) is 10.7. The van der Waals surface area contributed by atoms with Crippen molar-refractivity contribution in [1.82, 2.24) is 0 Å². The summed E-state index contributed by atoms with van der Waals surface area (Å²) in [6.45, 7) is 3.34. The van der Waals surface area contributed by atoms with Crippen LogP contribution in [0.25, 0.3) is 0 Å². The number of likely N-dealkylation sites (N-methyl/N-ethyl adjacent to an activating group) is 1. The van der Waals surface area contributed by atoms with Crippen LogP contribution >= 0.6 is 0 Å². The molecule has 0 aliphatic rings. The van der Waals surface area contributed by atoms with Crippen LogP contribution in [-0.4, -0.2) is 37.6 Å². The van der Waals surface area contributed by atoms with Gasteiger partial charge in [-0.15, -0.1) is 0 Å². The van der Waals surface area contributed by atoms with Gasteiger partial charge < -0.3 is 14.4 Å². The van der Waals surface area contributed by atoms with E-state index in [1.807, 2.05) is 14.1 Å². The highest BCUT2D eigenvalue weighted by Gasteiger charge is 2.14. The molecule has 0 aliphatic heterocycles. The normalized spacial score (nSPS) is 11.8. The Kier molecular flexibility index (Phi) is 16.5. The van der Waals surface area contributed by atoms with Crippen molar-refractivity contribution in [3.8, 4) is 0 Å². The van der Waals surface area contributed by atoms with Crippen LogP contribution in [0.5, 0.6) is 0 Å². The Bertz CT molecular complexity index is 302. The van der Waals surface area contributed by atoms with Crippen LogP contribution in [0.3, 0.4) is 0 Å². The van der Waals surface area contributed by atoms with Gasteiger partial charge >= 0.3 is 0 Å². The van der Waals surface area contributed by atoms with E-state index >= 15 is 0 Å². The lowest BCUT2D eigenvalue weighted by molar-refractivity contribution is -0.885. The molecule has 25 heavy (non-hydrogen) atoms. The van der Waals surface area contributed by atoms with Gasteiger partial charge in [0.25, 0.3) is 0 Å². The van der Waals surface area contributed by atoms with E-state index in [1.54, 1.807) is 0 Å². The molecule has 0 aromatic heterocycles. The van der Waals surface area contributed by atoms with E-state index in [9.17, 15) is 9.90 Å². The SMILES string of the molecule is CCCCCCCCCCCCCCCCCC[N+](C)(C)CC(=O)[O-]. The molecule has 0 saturated heterocycles. The highest BCUT2D eigenvalue weighted by molar-refractivity contribution is 5.65. The topological polar surface area (TPSA) is 40.1 Å². The average molecular weight is 356 g/mol. The Morgan fingerprint density at radius 1 is 0.640 bits per heavy atom. The minimum absolute atomic E-state index is 0.124. The summed E-state index contributed by atoms with van der Waals surface area (Å²) in [5, 5.41) is 10.7. The van der Waals surface area contributed by atoms with E-state index in [4.69, 9.17) is 0 Å². The molecule has 0 aliphatic carbocycles. The zero-order chi connectivity index (χ0) is 18.8. The Hall–Kier alpha value is -0.570. The molecule has 0 spiro atoms. The summed E-state index contributed by atoms with van der Waals surface area (Å²) < 4.78 is 0.543. The molecule has 0 bridgehead atoms. The van der Waals surface area contributed by atoms with Crippen LogP contribution in [0.4, 0.5) is 0 Å². The van der Waals surface area contributed by atoms with Gasteiger partial charge in [0.05, 0.1) is 26.6 Å². The molecule has 0 radical (unpaired) electrons. The Morgan fingerprint density at radius 2 is 0.960 bits per heavy atom. The molecule has 0 atom stereocenters. The maximum absolute atomic E-state index is 10.7. The first kappa shape index (κ1) is 24.4. The first-order valence-electron chi connectivity index (χ1n) is 11.0. The van der Waals surface area contributed by atoms with Gasteiger partial charge in [-0.2, -0.15) is 0 Å². The lowest BCUT2D eigenvalue weighted by Crippen LogP contribution is -2.48. The third-order valence-electron chi connectivity index (χ3n) is 5.17. The molecule has 0 N–H and O–H groups in total. The fraction of sp³-hybridized carbons (Fsp3) is 0.955. The number of unbranched alkanes of at least 4 members (excludes halogenated alkanes) is 15. The molecule has 3 heteroatoms. The fourth-order valence-electron chi connectivity index (χ4n) is 3.52. The highest BCUT2D eigenvalue weighted by atomic mass is 16.4. The van der Waals surface area contributed by atoms with Crippen LogP contribution in [0.15, 0.2) is 0 Å². The Morgan fingerprint density at radius 3 is 1.28 bits per heavy atom. The molecule has 0 unspecified atom stereocenters. The van der Waals surface area contributed by atoms with Gasteiger partial charge in [0.1, 0.15) is 6.54 Å². The first-order valence-corrected chi connectivity index (χ1v) is 11.0. The predicted octanol–water partition coefficient (Wildman–Crippen LogP) is 5.07. The van der Waals surface area contributed by atoms with Gasteiger partial charge in [-0.1, -0.05) is 96.8 Å².